The standard InChI is InChI=1S/C13H15F3N2O2S/c14-10-7-11(15)13(12(16)8-10)21(19,20)18-6-3-9-1-4-17-5-2-9/h1,7-8,17-18H,2-6H2. The van der Waals surface area contributed by atoms with Crippen LogP contribution in [0.15, 0.2) is 28.7 Å². The first-order valence-corrected chi connectivity index (χ1v) is 7.91. The molecule has 1 aliphatic heterocycles. The maximum absolute atomic E-state index is 13.5. The van der Waals surface area contributed by atoms with E-state index in [1.807, 2.05) is 6.08 Å². The van der Waals surface area contributed by atoms with E-state index in [0.717, 1.165) is 25.1 Å². The van der Waals surface area contributed by atoms with Crippen molar-refractivity contribution in [2.75, 3.05) is 19.6 Å². The van der Waals surface area contributed by atoms with E-state index in [2.05, 4.69) is 10.0 Å². The van der Waals surface area contributed by atoms with E-state index < -0.39 is 32.4 Å². The highest BCUT2D eigenvalue weighted by Crippen LogP contribution is 2.20. The van der Waals surface area contributed by atoms with Crippen molar-refractivity contribution in [1.82, 2.24) is 10.0 Å². The Hall–Kier alpha value is -1.38. The van der Waals surface area contributed by atoms with Crippen molar-refractivity contribution in [3.05, 3.63) is 41.2 Å². The van der Waals surface area contributed by atoms with Gasteiger partial charge in [-0.2, -0.15) is 0 Å². The molecule has 0 saturated heterocycles. The molecule has 2 rings (SSSR count). The van der Waals surface area contributed by atoms with Gasteiger partial charge < -0.3 is 5.32 Å². The zero-order chi connectivity index (χ0) is 15.5. The quantitative estimate of drug-likeness (QED) is 0.812. The molecular weight excluding hydrogens is 305 g/mol. The topological polar surface area (TPSA) is 58.2 Å². The van der Waals surface area contributed by atoms with Crippen LogP contribution in [-0.2, 0) is 10.0 Å². The Morgan fingerprint density at radius 2 is 1.86 bits per heavy atom. The van der Waals surface area contributed by atoms with E-state index in [1.54, 1.807) is 0 Å². The van der Waals surface area contributed by atoms with Crippen molar-refractivity contribution >= 4 is 10.0 Å². The molecule has 0 amide bonds. The lowest BCUT2D eigenvalue weighted by Crippen LogP contribution is -2.28. The lowest BCUT2D eigenvalue weighted by molar-refractivity contribution is 0.494. The summed E-state index contributed by atoms with van der Waals surface area (Å²) in [6, 6.07) is 0.681. The zero-order valence-electron chi connectivity index (χ0n) is 11.1. The fourth-order valence-electron chi connectivity index (χ4n) is 2.10. The first kappa shape index (κ1) is 16.0. The molecular formula is C13H15F3N2O2S. The number of halogens is 3. The molecule has 8 heteroatoms. The lowest BCUT2D eigenvalue weighted by atomic mass is 10.1. The summed E-state index contributed by atoms with van der Waals surface area (Å²) in [5.41, 5.74) is 1.08. The molecule has 0 saturated carbocycles. The zero-order valence-corrected chi connectivity index (χ0v) is 11.9. The molecule has 1 aromatic rings. The van der Waals surface area contributed by atoms with Crippen LogP contribution >= 0.6 is 0 Å². The highest BCUT2D eigenvalue weighted by molar-refractivity contribution is 7.89. The predicted molar refractivity (Wildman–Crippen MR) is 71.7 cm³/mol. The van der Waals surface area contributed by atoms with Crippen LogP contribution in [0.4, 0.5) is 13.2 Å². The van der Waals surface area contributed by atoms with Crippen molar-refractivity contribution in [1.29, 1.82) is 0 Å². The molecule has 0 atom stereocenters. The second-order valence-electron chi connectivity index (χ2n) is 4.66. The monoisotopic (exact) mass is 320 g/mol. The van der Waals surface area contributed by atoms with E-state index in [4.69, 9.17) is 0 Å². The van der Waals surface area contributed by atoms with Crippen molar-refractivity contribution in [2.24, 2.45) is 0 Å². The van der Waals surface area contributed by atoms with Crippen molar-refractivity contribution < 1.29 is 21.6 Å². The fourth-order valence-corrected chi connectivity index (χ4v) is 3.25. The Bertz CT molecular complexity index is 636. The smallest absolute Gasteiger partial charge is 0.246 e. The van der Waals surface area contributed by atoms with E-state index >= 15 is 0 Å². The van der Waals surface area contributed by atoms with Crippen molar-refractivity contribution in [3.8, 4) is 0 Å². The van der Waals surface area contributed by atoms with Gasteiger partial charge in [-0.3, -0.25) is 0 Å². The number of sulfonamides is 1. The summed E-state index contributed by atoms with van der Waals surface area (Å²) in [6.45, 7) is 1.58. The number of rotatable bonds is 5. The Morgan fingerprint density at radius 1 is 1.19 bits per heavy atom. The van der Waals surface area contributed by atoms with Gasteiger partial charge in [0.1, 0.15) is 17.5 Å². The third-order valence-corrected chi connectivity index (χ3v) is 4.64. The Labute approximate surface area is 121 Å². The van der Waals surface area contributed by atoms with Crippen molar-refractivity contribution in [2.45, 2.75) is 17.7 Å². The minimum absolute atomic E-state index is 0.0322. The third-order valence-electron chi connectivity index (χ3n) is 3.13. The van der Waals surface area contributed by atoms with Gasteiger partial charge in [0.2, 0.25) is 10.0 Å². The number of hydrogen-bond donors (Lipinski definition) is 2. The normalized spacial score (nSPS) is 15.9. The summed E-state index contributed by atoms with van der Waals surface area (Å²) >= 11 is 0. The lowest BCUT2D eigenvalue weighted by Gasteiger charge is -2.14. The van der Waals surface area contributed by atoms with Gasteiger partial charge in [0, 0.05) is 25.2 Å². The molecule has 4 nitrogen and oxygen atoms in total. The van der Waals surface area contributed by atoms with Crippen LogP contribution in [0.1, 0.15) is 12.8 Å². The Kier molecular flexibility index (Phi) is 5.02. The van der Waals surface area contributed by atoms with Crippen molar-refractivity contribution in [3.63, 3.8) is 0 Å². The molecule has 0 aromatic heterocycles. The van der Waals surface area contributed by atoms with Gasteiger partial charge in [-0.15, -0.1) is 0 Å². The summed E-state index contributed by atoms with van der Waals surface area (Å²) in [4.78, 5) is -1.15. The second-order valence-corrected chi connectivity index (χ2v) is 6.37. The number of benzene rings is 1. The minimum Gasteiger partial charge on any atom is -0.313 e. The summed E-state index contributed by atoms with van der Waals surface area (Å²) in [7, 11) is -4.35. The van der Waals surface area contributed by atoms with E-state index in [9.17, 15) is 21.6 Å². The molecule has 0 spiro atoms. The maximum Gasteiger partial charge on any atom is 0.246 e. The summed E-state index contributed by atoms with van der Waals surface area (Å²) in [6.07, 6.45) is 3.23. The average molecular weight is 320 g/mol. The largest absolute Gasteiger partial charge is 0.313 e. The molecule has 0 radical (unpaired) electrons. The van der Waals surface area contributed by atoms with E-state index in [-0.39, 0.29) is 6.54 Å². The molecule has 0 bridgehead atoms. The SMILES string of the molecule is O=S(=O)(NCCC1=CCNCC1)c1c(F)cc(F)cc1F. The summed E-state index contributed by atoms with van der Waals surface area (Å²) < 4.78 is 65.6. The van der Waals surface area contributed by atoms with Gasteiger partial charge in [0.15, 0.2) is 4.90 Å². The molecule has 1 heterocycles. The van der Waals surface area contributed by atoms with Gasteiger partial charge in [-0.25, -0.2) is 26.3 Å². The van der Waals surface area contributed by atoms with Crippen LogP contribution in [0.25, 0.3) is 0 Å². The van der Waals surface area contributed by atoms with E-state index in [0.29, 0.717) is 18.6 Å². The van der Waals surface area contributed by atoms with Gasteiger partial charge in [-0.05, 0) is 19.4 Å². The van der Waals surface area contributed by atoms with Crippen LogP contribution in [0, 0.1) is 17.5 Å². The highest BCUT2D eigenvalue weighted by Gasteiger charge is 2.24. The van der Waals surface area contributed by atoms with Gasteiger partial charge in [0.05, 0.1) is 0 Å². The third kappa shape index (κ3) is 4.05. The molecule has 21 heavy (non-hydrogen) atoms. The Balaban J connectivity index is 2.07. The number of nitrogens with one attached hydrogen (secondary N) is 2. The molecule has 0 fully saturated rings. The summed E-state index contributed by atoms with van der Waals surface area (Å²) in [5, 5.41) is 3.12. The molecule has 0 unspecified atom stereocenters. The van der Waals surface area contributed by atoms with Gasteiger partial charge >= 0.3 is 0 Å². The van der Waals surface area contributed by atoms with Crippen LogP contribution in [0.2, 0.25) is 0 Å². The maximum atomic E-state index is 13.5. The molecule has 116 valence electrons. The number of hydrogen-bond acceptors (Lipinski definition) is 3. The summed E-state index contributed by atoms with van der Waals surface area (Å²) in [5.74, 6) is -4.05. The molecule has 1 aliphatic rings. The van der Waals surface area contributed by atoms with Crippen LogP contribution in [-0.4, -0.2) is 28.1 Å². The van der Waals surface area contributed by atoms with Crippen LogP contribution in [0.5, 0.6) is 0 Å². The van der Waals surface area contributed by atoms with Crippen LogP contribution < -0.4 is 10.0 Å². The molecule has 1 aromatic carbocycles. The van der Waals surface area contributed by atoms with Gasteiger partial charge in [0.25, 0.3) is 0 Å². The van der Waals surface area contributed by atoms with Crippen LogP contribution in [0.3, 0.4) is 0 Å². The predicted octanol–water partition coefficient (Wildman–Crippen LogP) is 1.69. The highest BCUT2D eigenvalue weighted by atomic mass is 32.2. The fraction of sp³-hybridized carbons (Fsp3) is 0.385. The average Bonchev–Trinajstić information content (AvgIpc) is 2.38. The second kappa shape index (κ2) is 6.59. The van der Waals surface area contributed by atoms with E-state index in [1.165, 1.54) is 0 Å². The first-order chi connectivity index (χ1) is 9.90. The molecule has 2 N–H and O–H groups in total. The first-order valence-electron chi connectivity index (χ1n) is 6.43. The van der Waals surface area contributed by atoms with Gasteiger partial charge in [-0.1, -0.05) is 11.6 Å². The Morgan fingerprint density at radius 3 is 2.43 bits per heavy atom. The molecule has 0 aliphatic carbocycles. The minimum atomic E-state index is -4.35.